The van der Waals surface area contributed by atoms with E-state index in [4.69, 9.17) is 0 Å². The van der Waals surface area contributed by atoms with Gasteiger partial charge in [0.15, 0.2) is 11.5 Å². The van der Waals surface area contributed by atoms with Crippen LogP contribution in [-0.2, 0) is 0 Å². The maximum absolute atomic E-state index is 13.5. The normalized spacial score (nSPS) is 30.2. The summed E-state index contributed by atoms with van der Waals surface area (Å²) in [7, 11) is 0. The van der Waals surface area contributed by atoms with Gasteiger partial charge in [-0.25, -0.2) is 9.37 Å². The lowest BCUT2D eigenvalue weighted by molar-refractivity contribution is 0.0917. The number of hydrogen-bond acceptors (Lipinski definition) is 2. The zero-order chi connectivity index (χ0) is 12.5. The van der Waals surface area contributed by atoms with Crippen LogP contribution in [0.15, 0.2) is 18.3 Å². The zero-order valence-corrected chi connectivity index (χ0v) is 10.2. The molecule has 0 radical (unpaired) electrons. The highest BCUT2D eigenvalue weighted by atomic mass is 19.1. The van der Waals surface area contributed by atoms with Crippen LogP contribution in [0, 0.1) is 17.7 Å². The molecule has 3 atom stereocenters. The van der Waals surface area contributed by atoms with Crippen LogP contribution in [0.4, 0.5) is 4.39 Å². The third-order valence-electron chi connectivity index (χ3n) is 4.37. The number of pyridine rings is 1. The number of aromatic nitrogens is 1. The van der Waals surface area contributed by atoms with Gasteiger partial charge in [-0.3, -0.25) is 4.79 Å². The molecule has 0 aromatic carbocycles. The highest BCUT2D eigenvalue weighted by Crippen LogP contribution is 2.43. The molecule has 1 aromatic heterocycles. The van der Waals surface area contributed by atoms with Gasteiger partial charge >= 0.3 is 0 Å². The minimum atomic E-state index is -0.545. The van der Waals surface area contributed by atoms with E-state index in [2.05, 4.69) is 10.3 Å². The predicted octanol–water partition coefficient (Wildman–Crippen LogP) is 2.53. The van der Waals surface area contributed by atoms with Crippen molar-refractivity contribution in [3.63, 3.8) is 0 Å². The van der Waals surface area contributed by atoms with Crippen molar-refractivity contribution >= 4 is 5.91 Å². The third-order valence-corrected chi connectivity index (χ3v) is 4.37. The molecule has 1 N–H and O–H groups in total. The molecule has 1 amide bonds. The Balaban J connectivity index is 1.70. The van der Waals surface area contributed by atoms with Gasteiger partial charge in [0.2, 0.25) is 0 Å². The highest BCUT2D eigenvalue weighted by Gasteiger charge is 2.39. The molecule has 3 rings (SSSR count). The first-order chi connectivity index (χ1) is 8.75. The fourth-order valence-electron chi connectivity index (χ4n) is 3.53. The van der Waals surface area contributed by atoms with E-state index in [1.807, 2.05) is 0 Å². The topological polar surface area (TPSA) is 42.0 Å². The summed E-state index contributed by atoms with van der Waals surface area (Å²) in [5.41, 5.74) is -0.0843. The average Bonchev–Trinajstić information content (AvgIpc) is 2.94. The van der Waals surface area contributed by atoms with Crippen LogP contribution in [0.3, 0.4) is 0 Å². The summed E-state index contributed by atoms with van der Waals surface area (Å²) in [6.45, 7) is 0. The molecule has 3 nitrogen and oxygen atoms in total. The van der Waals surface area contributed by atoms with Crippen LogP contribution in [0.5, 0.6) is 0 Å². The summed E-state index contributed by atoms with van der Waals surface area (Å²) in [4.78, 5) is 15.8. The van der Waals surface area contributed by atoms with Gasteiger partial charge in [0.1, 0.15) is 0 Å². The number of halogens is 1. The van der Waals surface area contributed by atoms with Crippen molar-refractivity contribution in [1.82, 2.24) is 10.3 Å². The molecular formula is C14H17FN2O. The van der Waals surface area contributed by atoms with Gasteiger partial charge in [-0.15, -0.1) is 0 Å². The van der Waals surface area contributed by atoms with E-state index in [1.165, 1.54) is 44.0 Å². The minimum absolute atomic E-state index is 0.0843. The number of fused-ring (bicyclic) bond motifs is 1. The second kappa shape index (κ2) is 4.67. The van der Waals surface area contributed by atoms with Crippen molar-refractivity contribution in [2.24, 2.45) is 11.8 Å². The van der Waals surface area contributed by atoms with Gasteiger partial charge in [0.25, 0.3) is 5.91 Å². The smallest absolute Gasteiger partial charge is 0.273 e. The van der Waals surface area contributed by atoms with Gasteiger partial charge in [-0.2, -0.15) is 0 Å². The number of nitrogens with zero attached hydrogens (tertiary/aromatic N) is 1. The Morgan fingerprint density at radius 2 is 2.22 bits per heavy atom. The number of carbonyl (C=O) groups excluding carboxylic acids is 1. The Morgan fingerprint density at radius 1 is 1.33 bits per heavy atom. The lowest BCUT2D eigenvalue weighted by atomic mass is 9.97. The monoisotopic (exact) mass is 248 g/mol. The molecule has 0 unspecified atom stereocenters. The highest BCUT2D eigenvalue weighted by molar-refractivity contribution is 5.92. The second-order valence-electron chi connectivity index (χ2n) is 5.35. The molecular weight excluding hydrogens is 231 g/mol. The van der Waals surface area contributed by atoms with Crippen molar-refractivity contribution in [2.75, 3.05) is 0 Å². The zero-order valence-electron chi connectivity index (χ0n) is 10.2. The number of amides is 1. The molecule has 2 aliphatic carbocycles. The second-order valence-corrected chi connectivity index (χ2v) is 5.35. The molecule has 4 heteroatoms. The van der Waals surface area contributed by atoms with Crippen LogP contribution in [-0.4, -0.2) is 16.9 Å². The molecule has 96 valence electrons. The lowest BCUT2D eigenvalue weighted by Gasteiger charge is -2.19. The number of rotatable bonds is 2. The lowest BCUT2D eigenvalue weighted by Crippen LogP contribution is -2.38. The summed E-state index contributed by atoms with van der Waals surface area (Å²) >= 11 is 0. The van der Waals surface area contributed by atoms with Crippen LogP contribution >= 0.6 is 0 Å². The van der Waals surface area contributed by atoms with Gasteiger partial charge < -0.3 is 5.32 Å². The van der Waals surface area contributed by atoms with Gasteiger partial charge in [0, 0.05) is 12.2 Å². The summed E-state index contributed by atoms with van der Waals surface area (Å²) in [5, 5.41) is 2.97. The largest absolute Gasteiger partial charge is 0.348 e. The molecule has 1 heterocycles. The van der Waals surface area contributed by atoms with Crippen molar-refractivity contribution in [3.8, 4) is 0 Å². The van der Waals surface area contributed by atoms with E-state index >= 15 is 0 Å². The quantitative estimate of drug-likeness (QED) is 0.873. The molecule has 2 saturated carbocycles. The van der Waals surface area contributed by atoms with E-state index in [0.29, 0.717) is 5.92 Å². The Hall–Kier alpha value is -1.45. The SMILES string of the molecule is O=C(N[C@H]1CC[C@@H]2CCC[C@@H]21)c1ncccc1F. The van der Waals surface area contributed by atoms with Crippen molar-refractivity contribution in [1.29, 1.82) is 0 Å². The molecule has 0 aliphatic heterocycles. The van der Waals surface area contributed by atoms with E-state index in [0.717, 1.165) is 12.3 Å². The van der Waals surface area contributed by atoms with E-state index in [9.17, 15) is 9.18 Å². The van der Waals surface area contributed by atoms with Crippen molar-refractivity contribution < 1.29 is 9.18 Å². The van der Waals surface area contributed by atoms with Crippen molar-refractivity contribution in [2.45, 2.75) is 38.1 Å². The number of nitrogens with one attached hydrogen (secondary N) is 1. The Morgan fingerprint density at radius 3 is 3.06 bits per heavy atom. The van der Waals surface area contributed by atoms with Crippen LogP contribution in [0.25, 0.3) is 0 Å². The average molecular weight is 248 g/mol. The van der Waals surface area contributed by atoms with Gasteiger partial charge in [-0.1, -0.05) is 12.8 Å². The van der Waals surface area contributed by atoms with Crippen molar-refractivity contribution in [3.05, 3.63) is 29.8 Å². The molecule has 0 saturated heterocycles. The van der Waals surface area contributed by atoms with Crippen LogP contribution in [0.1, 0.15) is 42.6 Å². The van der Waals surface area contributed by atoms with E-state index in [1.54, 1.807) is 0 Å². The Labute approximate surface area is 106 Å². The summed E-state index contributed by atoms with van der Waals surface area (Å²) < 4.78 is 13.5. The van der Waals surface area contributed by atoms with E-state index in [-0.39, 0.29) is 17.6 Å². The Bertz CT molecular complexity index is 463. The molecule has 18 heavy (non-hydrogen) atoms. The maximum Gasteiger partial charge on any atom is 0.273 e. The van der Waals surface area contributed by atoms with Gasteiger partial charge in [0.05, 0.1) is 0 Å². The third kappa shape index (κ3) is 2.00. The number of hydrogen-bond donors (Lipinski definition) is 1. The predicted molar refractivity (Wildman–Crippen MR) is 65.5 cm³/mol. The molecule has 0 bridgehead atoms. The standard InChI is InChI=1S/C14H17FN2O/c15-11-5-2-8-16-13(11)14(18)17-12-7-6-9-3-1-4-10(9)12/h2,5,8-10,12H,1,3-4,6-7H2,(H,17,18)/t9-,10-,12-/m0/s1. The number of carbonyl (C=O) groups is 1. The summed E-state index contributed by atoms with van der Waals surface area (Å²) in [6, 6.07) is 2.98. The fraction of sp³-hybridized carbons (Fsp3) is 0.571. The van der Waals surface area contributed by atoms with Crippen LogP contribution in [0.2, 0.25) is 0 Å². The summed E-state index contributed by atoms with van der Waals surface area (Å²) in [6.07, 6.45) is 7.41. The minimum Gasteiger partial charge on any atom is -0.348 e. The molecule has 1 aromatic rings. The first-order valence-electron chi connectivity index (χ1n) is 6.67. The summed E-state index contributed by atoms with van der Waals surface area (Å²) in [5.74, 6) is 0.450. The van der Waals surface area contributed by atoms with Gasteiger partial charge in [-0.05, 0) is 43.2 Å². The first kappa shape index (κ1) is 11.6. The molecule has 0 spiro atoms. The van der Waals surface area contributed by atoms with E-state index < -0.39 is 5.82 Å². The first-order valence-corrected chi connectivity index (χ1v) is 6.67. The molecule has 2 aliphatic rings. The maximum atomic E-state index is 13.5. The van der Waals surface area contributed by atoms with Crippen LogP contribution < -0.4 is 5.32 Å². The fourth-order valence-corrected chi connectivity index (χ4v) is 3.53. The Kier molecular flexibility index (Phi) is 3.02. The molecule has 2 fully saturated rings.